The first-order valence-electron chi connectivity index (χ1n) is 8.24. The highest BCUT2D eigenvalue weighted by Gasteiger charge is 2.16. The Kier molecular flexibility index (Phi) is 6.25. The summed E-state index contributed by atoms with van der Waals surface area (Å²) < 4.78 is 6.67. The zero-order valence-electron chi connectivity index (χ0n) is 14.8. The average molecular weight is 403 g/mol. The molecule has 0 radical (unpaired) electrons. The van der Waals surface area contributed by atoms with Crippen LogP contribution in [0.1, 0.15) is 22.2 Å². The Labute approximate surface area is 164 Å². The van der Waals surface area contributed by atoms with Crippen LogP contribution in [0.5, 0.6) is 0 Å². The highest BCUT2D eigenvalue weighted by atomic mass is 32.2. The van der Waals surface area contributed by atoms with Crippen molar-refractivity contribution in [3.63, 3.8) is 0 Å². The lowest BCUT2D eigenvalue weighted by Gasteiger charge is -2.01. The Balaban J connectivity index is 1.55. The number of benzene rings is 1. The molecule has 0 spiro atoms. The van der Waals surface area contributed by atoms with E-state index in [-0.39, 0.29) is 17.6 Å². The van der Waals surface area contributed by atoms with Crippen LogP contribution in [0.15, 0.2) is 47.9 Å². The lowest BCUT2D eigenvalue weighted by molar-refractivity contribution is -0.113. The molecular formula is C18H18N4O3S2. The van der Waals surface area contributed by atoms with Crippen molar-refractivity contribution in [3.05, 3.63) is 53.2 Å². The summed E-state index contributed by atoms with van der Waals surface area (Å²) in [6, 6.07) is 11.4. The van der Waals surface area contributed by atoms with Gasteiger partial charge < -0.3 is 10.1 Å². The van der Waals surface area contributed by atoms with Crippen molar-refractivity contribution in [1.82, 2.24) is 14.8 Å². The number of carbonyl (C=O) groups is 2. The Morgan fingerprint density at radius 1 is 1.30 bits per heavy atom. The molecule has 0 fully saturated rings. The van der Waals surface area contributed by atoms with Crippen molar-refractivity contribution in [2.45, 2.75) is 19.0 Å². The smallest absolute Gasteiger partial charge is 0.348 e. The largest absolute Gasteiger partial charge is 0.462 e. The molecule has 0 aliphatic carbocycles. The number of thioether (sulfide) groups is 1. The van der Waals surface area contributed by atoms with Crippen LogP contribution >= 0.6 is 23.1 Å². The summed E-state index contributed by atoms with van der Waals surface area (Å²) in [5.74, 6) is -0.386. The molecule has 3 aromatic rings. The summed E-state index contributed by atoms with van der Waals surface area (Å²) in [7, 11) is 0. The van der Waals surface area contributed by atoms with Crippen LogP contribution in [-0.4, -0.2) is 39.0 Å². The topological polar surface area (TPSA) is 86.1 Å². The SMILES string of the molecule is CCOC(=O)c1sc(NC(=O)CSc2ncn(-c3ccccc3)n2)cc1C. The molecule has 1 aromatic carbocycles. The maximum Gasteiger partial charge on any atom is 0.348 e. The van der Waals surface area contributed by atoms with Crippen molar-refractivity contribution in [2.24, 2.45) is 0 Å². The number of rotatable bonds is 7. The second-order valence-electron chi connectivity index (χ2n) is 5.49. The molecule has 1 amide bonds. The lowest BCUT2D eigenvalue weighted by atomic mass is 10.3. The molecule has 7 nitrogen and oxygen atoms in total. The summed E-state index contributed by atoms with van der Waals surface area (Å²) in [6.45, 7) is 3.89. The third-order valence-corrected chi connectivity index (χ3v) is 5.45. The summed E-state index contributed by atoms with van der Waals surface area (Å²) in [6.07, 6.45) is 1.61. The van der Waals surface area contributed by atoms with Crippen molar-refractivity contribution >= 4 is 40.0 Å². The van der Waals surface area contributed by atoms with E-state index in [2.05, 4.69) is 15.4 Å². The summed E-state index contributed by atoms with van der Waals surface area (Å²) >= 11 is 2.45. The Bertz CT molecular complexity index is 937. The van der Waals surface area contributed by atoms with Gasteiger partial charge in [-0.05, 0) is 37.6 Å². The van der Waals surface area contributed by atoms with Crippen molar-refractivity contribution in [2.75, 3.05) is 17.7 Å². The second-order valence-corrected chi connectivity index (χ2v) is 7.48. The summed E-state index contributed by atoms with van der Waals surface area (Å²) in [4.78, 5) is 28.7. The predicted molar refractivity (Wildman–Crippen MR) is 106 cm³/mol. The quantitative estimate of drug-likeness (QED) is 0.480. The molecule has 140 valence electrons. The first-order valence-corrected chi connectivity index (χ1v) is 10.0. The van der Waals surface area contributed by atoms with Gasteiger partial charge in [-0.3, -0.25) is 4.79 Å². The molecule has 0 aliphatic heterocycles. The number of carbonyl (C=O) groups excluding carboxylic acids is 2. The van der Waals surface area contributed by atoms with Crippen LogP contribution in [0, 0.1) is 6.92 Å². The lowest BCUT2D eigenvalue weighted by Crippen LogP contribution is -2.13. The van der Waals surface area contributed by atoms with Crippen LogP contribution in [0.25, 0.3) is 5.69 Å². The van der Waals surface area contributed by atoms with Gasteiger partial charge in [0.05, 0.1) is 23.0 Å². The molecular weight excluding hydrogens is 384 g/mol. The van der Waals surface area contributed by atoms with Crippen molar-refractivity contribution in [3.8, 4) is 5.69 Å². The van der Waals surface area contributed by atoms with Crippen LogP contribution in [-0.2, 0) is 9.53 Å². The van der Waals surface area contributed by atoms with Gasteiger partial charge in [-0.25, -0.2) is 14.5 Å². The summed E-state index contributed by atoms with van der Waals surface area (Å²) in [5.41, 5.74) is 1.69. The van der Waals surface area contributed by atoms with E-state index in [4.69, 9.17) is 4.74 Å². The van der Waals surface area contributed by atoms with Crippen molar-refractivity contribution < 1.29 is 14.3 Å². The Morgan fingerprint density at radius 3 is 2.81 bits per heavy atom. The fourth-order valence-corrected chi connectivity index (χ4v) is 3.85. The number of aromatic nitrogens is 3. The van der Waals surface area contributed by atoms with Crippen LogP contribution in [0.4, 0.5) is 5.00 Å². The van der Waals surface area contributed by atoms with E-state index in [1.807, 2.05) is 37.3 Å². The van der Waals surface area contributed by atoms with E-state index in [9.17, 15) is 9.59 Å². The minimum Gasteiger partial charge on any atom is -0.462 e. The number of anilines is 1. The average Bonchev–Trinajstić information content (AvgIpc) is 3.28. The van der Waals surface area contributed by atoms with Gasteiger partial charge in [0.25, 0.3) is 0 Å². The molecule has 2 aromatic heterocycles. The molecule has 0 saturated heterocycles. The minimum absolute atomic E-state index is 0.171. The predicted octanol–water partition coefficient (Wildman–Crippen LogP) is 3.54. The Morgan fingerprint density at radius 2 is 2.07 bits per heavy atom. The minimum atomic E-state index is -0.370. The number of nitrogens with zero attached hydrogens (tertiary/aromatic N) is 3. The van der Waals surface area contributed by atoms with Crippen molar-refractivity contribution in [1.29, 1.82) is 0 Å². The van der Waals surface area contributed by atoms with Gasteiger partial charge in [0.15, 0.2) is 0 Å². The molecule has 3 rings (SSSR count). The third-order valence-electron chi connectivity index (χ3n) is 3.47. The number of ether oxygens (including phenoxy) is 1. The molecule has 2 heterocycles. The molecule has 1 N–H and O–H groups in total. The van der Waals surface area contributed by atoms with Gasteiger partial charge in [0.2, 0.25) is 11.1 Å². The molecule has 27 heavy (non-hydrogen) atoms. The fraction of sp³-hybridized carbons (Fsp3) is 0.222. The van der Waals surface area contributed by atoms with E-state index in [0.717, 1.165) is 11.3 Å². The third kappa shape index (κ3) is 4.95. The van der Waals surface area contributed by atoms with Crippen LogP contribution in [0.2, 0.25) is 0 Å². The van der Waals surface area contributed by atoms with E-state index < -0.39 is 0 Å². The van der Waals surface area contributed by atoms with E-state index in [1.54, 1.807) is 24.0 Å². The maximum absolute atomic E-state index is 12.2. The zero-order chi connectivity index (χ0) is 19.2. The number of amides is 1. The van der Waals surface area contributed by atoms with Gasteiger partial charge in [-0.2, -0.15) is 0 Å². The van der Waals surface area contributed by atoms with Crippen LogP contribution in [0.3, 0.4) is 0 Å². The molecule has 9 heteroatoms. The standard InChI is InChI=1S/C18H18N4O3S2/c1-3-25-17(24)16-12(2)9-15(27-16)20-14(23)10-26-18-19-11-22(21-18)13-7-5-4-6-8-13/h4-9,11H,3,10H2,1-2H3,(H,20,23). The van der Waals surface area contributed by atoms with E-state index in [0.29, 0.717) is 21.6 Å². The first-order chi connectivity index (χ1) is 13.1. The monoisotopic (exact) mass is 402 g/mol. The molecule has 0 atom stereocenters. The van der Waals surface area contributed by atoms with Gasteiger partial charge in [-0.15, -0.1) is 16.4 Å². The molecule has 0 bridgehead atoms. The second kappa shape index (κ2) is 8.83. The van der Waals surface area contributed by atoms with Gasteiger partial charge in [0, 0.05) is 0 Å². The number of aryl methyl sites for hydroxylation is 1. The normalized spacial score (nSPS) is 10.6. The van der Waals surface area contributed by atoms with Gasteiger partial charge >= 0.3 is 5.97 Å². The molecule has 0 saturated carbocycles. The van der Waals surface area contributed by atoms with E-state index in [1.165, 1.54) is 23.1 Å². The molecule has 0 unspecified atom stereocenters. The number of hydrogen-bond donors (Lipinski definition) is 1. The summed E-state index contributed by atoms with van der Waals surface area (Å²) in [5, 5.41) is 8.28. The van der Waals surface area contributed by atoms with E-state index >= 15 is 0 Å². The first kappa shape index (κ1) is 19.1. The molecule has 0 aliphatic rings. The highest BCUT2D eigenvalue weighted by Crippen LogP contribution is 2.27. The van der Waals surface area contributed by atoms with Gasteiger partial charge in [0.1, 0.15) is 11.2 Å². The Hall–Kier alpha value is -2.65. The number of nitrogens with one attached hydrogen (secondary N) is 1. The van der Waals surface area contributed by atoms with Gasteiger partial charge in [-0.1, -0.05) is 30.0 Å². The number of thiophene rings is 1. The maximum atomic E-state index is 12.2. The number of hydrogen-bond acceptors (Lipinski definition) is 7. The van der Waals surface area contributed by atoms with Crippen LogP contribution < -0.4 is 5.32 Å². The fourth-order valence-electron chi connectivity index (χ4n) is 2.27. The number of para-hydroxylation sites is 1. The number of esters is 1. The highest BCUT2D eigenvalue weighted by molar-refractivity contribution is 7.99. The zero-order valence-corrected chi connectivity index (χ0v) is 16.5.